The molecule has 2 heterocycles. The van der Waals surface area contributed by atoms with Crippen LogP contribution in [-0.2, 0) is 0 Å². The predicted octanol–water partition coefficient (Wildman–Crippen LogP) is 4.54. The number of nitrogens with zero attached hydrogens (tertiary/aromatic N) is 2. The highest BCUT2D eigenvalue weighted by atomic mass is 19.2. The summed E-state index contributed by atoms with van der Waals surface area (Å²) in [5, 5.41) is 0. The van der Waals surface area contributed by atoms with Crippen LogP contribution < -0.4 is 0 Å². The molecule has 0 aliphatic rings. The number of halogens is 3. The molecule has 0 atom stereocenters. The van der Waals surface area contributed by atoms with E-state index in [-0.39, 0.29) is 11.3 Å². The van der Waals surface area contributed by atoms with E-state index in [9.17, 15) is 13.2 Å². The van der Waals surface area contributed by atoms with Crippen LogP contribution in [0.3, 0.4) is 0 Å². The Labute approximate surface area is 125 Å². The molecule has 2 aromatic heterocycles. The Morgan fingerprint density at radius 2 is 1.64 bits per heavy atom. The number of hydrogen-bond donors (Lipinski definition) is 0. The minimum atomic E-state index is -1.23. The molecule has 0 spiro atoms. The highest BCUT2D eigenvalue weighted by Gasteiger charge is 2.15. The number of rotatable bonds is 2. The van der Waals surface area contributed by atoms with E-state index in [0.29, 0.717) is 6.07 Å². The Hall–Kier alpha value is -2.69. The monoisotopic (exact) mass is 300 g/mol. The molecule has 110 valence electrons. The maximum Gasteiger partial charge on any atom is 0.168 e. The number of hydrogen-bond acceptors (Lipinski definition) is 2. The van der Waals surface area contributed by atoms with Gasteiger partial charge in [-0.25, -0.2) is 13.2 Å². The fourth-order valence-corrected chi connectivity index (χ4v) is 2.28. The molecule has 0 aliphatic heterocycles. The Balaban J connectivity index is 2.10. The van der Waals surface area contributed by atoms with Gasteiger partial charge in [-0.1, -0.05) is 0 Å². The van der Waals surface area contributed by atoms with E-state index >= 15 is 0 Å². The molecular formula is C17H11F3N2. The first-order chi connectivity index (χ1) is 10.6. The molecule has 0 amide bonds. The Kier molecular flexibility index (Phi) is 3.63. The second-order valence-corrected chi connectivity index (χ2v) is 4.87. The van der Waals surface area contributed by atoms with Crippen molar-refractivity contribution in [2.75, 3.05) is 0 Å². The topological polar surface area (TPSA) is 25.8 Å². The first-order valence-corrected chi connectivity index (χ1v) is 6.58. The zero-order valence-corrected chi connectivity index (χ0v) is 11.6. The molecule has 0 N–H and O–H groups in total. The zero-order chi connectivity index (χ0) is 15.7. The number of aromatic nitrogens is 2. The number of benzene rings is 1. The summed E-state index contributed by atoms with van der Waals surface area (Å²) in [6.45, 7) is 1.83. The summed E-state index contributed by atoms with van der Waals surface area (Å²) in [6.07, 6.45) is 4.87. The van der Waals surface area contributed by atoms with Gasteiger partial charge in [0.15, 0.2) is 11.6 Å². The van der Waals surface area contributed by atoms with Gasteiger partial charge in [-0.3, -0.25) is 9.97 Å². The van der Waals surface area contributed by atoms with Gasteiger partial charge >= 0.3 is 0 Å². The average Bonchev–Trinajstić information content (AvgIpc) is 2.51. The van der Waals surface area contributed by atoms with Crippen LogP contribution in [0.25, 0.3) is 22.4 Å². The van der Waals surface area contributed by atoms with E-state index in [4.69, 9.17) is 0 Å². The number of pyridine rings is 2. The van der Waals surface area contributed by atoms with Crippen molar-refractivity contribution in [3.05, 3.63) is 71.9 Å². The Bertz CT molecular complexity index is 833. The Morgan fingerprint density at radius 3 is 2.32 bits per heavy atom. The second-order valence-electron chi connectivity index (χ2n) is 4.87. The third-order valence-corrected chi connectivity index (χ3v) is 3.37. The van der Waals surface area contributed by atoms with Crippen molar-refractivity contribution >= 4 is 0 Å². The Morgan fingerprint density at radius 1 is 0.909 bits per heavy atom. The molecule has 0 radical (unpaired) electrons. The van der Waals surface area contributed by atoms with Crippen molar-refractivity contribution in [1.29, 1.82) is 0 Å². The normalized spacial score (nSPS) is 10.7. The van der Waals surface area contributed by atoms with Gasteiger partial charge in [0.05, 0.1) is 5.69 Å². The van der Waals surface area contributed by atoms with E-state index in [2.05, 4.69) is 9.97 Å². The van der Waals surface area contributed by atoms with Crippen LogP contribution in [0.2, 0.25) is 0 Å². The fraction of sp³-hybridized carbons (Fsp3) is 0.0588. The van der Waals surface area contributed by atoms with Crippen molar-refractivity contribution in [2.24, 2.45) is 0 Å². The van der Waals surface area contributed by atoms with Gasteiger partial charge in [-0.2, -0.15) is 0 Å². The maximum absolute atomic E-state index is 13.8. The SMILES string of the molecule is Cc1cc(-c2cc(F)cc(F)c2F)ncc1-c1ccncc1. The van der Waals surface area contributed by atoms with Crippen LogP contribution in [-0.4, -0.2) is 9.97 Å². The summed E-state index contributed by atoms with van der Waals surface area (Å²) < 4.78 is 40.5. The lowest BCUT2D eigenvalue weighted by molar-refractivity contribution is 0.497. The van der Waals surface area contributed by atoms with Crippen molar-refractivity contribution in [3.8, 4) is 22.4 Å². The molecule has 22 heavy (non-hydrogen) atoms. The molecule has 0 unspecified atom stereocenters. The van der Waals surface area contributed by atoms with Gasteiger partial charge in [0, 0.05) is 35.8 Å². The van der Waals surface area contributed by atoms with Crippen molar-refractivity contribution in [3.63, 3.8) is 0 Å². The minimum Gasteiger partial charge on any atom is -0.265 e. The standard InChI is InChI=1S/C17H11F3N2/c1-10-6-16(13-7-12(18)8-15(19)17(13)20)22-9-14(10)11-2-4-21-5-3-11/h2-9H,1H3. The van der Waals surface area contributed by atoms with Gasteiger partial charge in [-0.05, 0) is 42.3 Å². The van der Waals surface area contributed by atoms with Gasteiger partial charge in [0.1, 0.15) is 5.82 Å². The molecule has 0 aliphatic carbocycles. The molecule has 0 fully saturated rings. The van der Waals surface area contributed by atoms with E-state index in [1.54, 1.807) is 24.7 Å². The molecule has 3 rings (SSSR count). The first kappa shape index (κ1) is 14.3. The third-order valence-electron chi connectivity index (χ3n) is 3.37. The van der Waals surface area contributed by atoms with Crippen LogP contribution >= 0.6 is 0 Å². The second kappa shape index (κ2) is 5.60. The predicted molar refractivity (Wildman–Crippen MR) is 77.5 cm³/mol. The lowest BCUT2D eigenvalue weighted by Gasteiger charge is -2.09. The minimum absolute atomic E-state index is 0.186. The lowest BCUT2D eigenvalue weighted by Crippen LogP contribution is -1.96. The first-order valence-electron chi connectivity index (χ1n) is 6.58. The zero-order valence-electron chi connectivity index (χ0n) is 11.6. The molecule has 5 heteroatoms. The van der Waals surface area contributed by atoms with Crippen molar-refractivity contribution < 1.29 is 13.2 Å². The van der Waals surface area contributed by atoms with Crippen molar-refractivity contribution in [1.82, 2.24) is 9.97 Å². The smallest absolute Gasteiger partial charge is 0.168 e. The highest BCUT2D eigenvalue weighted by molar-refractivity contribution is 5.70. The van der Waals surface area contributed by atoms with E-state index < -0.39 is 17.5 Å². The largest absolute Gasteiger partial charge is 0.265 e. The maximum atomic E-state index is 13.8. The van der Waals surface area contributed by atoms with E-state index in [1.165, 1.54) is 0 Å². The van der Waals surface area contributed by atoms with Gasteiger partial charge in [0.25, 0.3) is 0 Å². The molecule has 0 bridgehead atoms. The van der Waals surface area contributed by atoms with Crippen LogP contribution in [0.1, 0.15) is 5.56 Å². The van der Waals surface area contributed by atoms with Crippen LogP contribution in [0.15, 0.2) is 48.9 Å². The molecule has 0 saturated carbocycles. The van der Waals surface area contributed by atoms with Crippen molar-refractivity contribution in [2.45, 2.75) is 6.92 Å². The summed E-state index contributed by atoms with van der Waals surface area (Å²) in [4.78, 5) is 8.08. The highest BCUT2D eigenvalue weighted by Crippen LogP contribution is 2.28. The lowest BCUT2D eigenvalue weighted by atomic mass is 10.0. The molecular weight excluding hydrogens is 289 g/mol. The molecule has 1 aromatic carbocycles. The van der Waals surface area contributed by atoms with Gasteiger partial charge < -0.3 is 0 Å². The number of aryl methyl sites for hydroxylation is 1. The van der Waals surface area contributed by atoms with Crippen LogP contribution in [0, 0.1) is 24.4 Å². The average molecular weight is 300 g/mol. The summed E-state index contributed by atoms with van der Waals surface area (Å²) in [5.74, 6) is -3.18. The summed E-state index contributed by atoms with van der Waals surface area (Å²) in [5.41, 5.74) is 2.58. The third kappa shape index (κ3) is 2.57. The quantitative estimate of drug-likeness (QED) is 0.649. The summed E-state index contributed by atoms with van der Waals surface area (Å²) in [6, 6.07) is 6.70. The van der Waals surface area contributed by atoms with Gasteiger partial charge in [0.2, 0.25) is 0 Å². The van der Waals surface area contributed by atoms with Crippen LogP contribution in [0.4, 0.5) is 13.2 Å². The van der Waals surface area contributed by atoms with Crippen LogP contribution in [0.5, 0.6) is 0 Å². The van der Waals surface area contributed by atoms with E-state index in [1.807, 2.05) is 19.1 Å². The summed E-state index contributed by atoms with van der Waals surface area (Å²) in [7, 11) is 0. The molecule has 0 saturated heterocycles. The van der Waals surface area contributed by atoms with Gasteiger partial charge in [-0.15, -0.1) is 0 Å². The molecule has 2 nitrogen and oxygen atoms in total. The fourth-order valence-electron chi connectivity index (χ4n) is 2.28. The summed E-state index contributed by atoms with van der Waals surface area (Å²) >= 11 is 0. The van der Waals surface area contributed by atoms with E-state index in [0.717, 1.165) is 22.8 Å². The molecule has 3 aromatic rings.